The molecule has 1 N–H and O–H groups in total. The van der Waals surface area contributed by atoms with Crippen LogP contribution in [0.3, 0.4) is 0 Å². The first-order valence-electron chi connectivity index (χ1n) is 4.72. The number of alkyl halides is 3. The van der Waals surface area contributed by atoms with Crippen LogP contribution in [-0.2, 0) is 0 Å². The summed E-state index contributed by atoms with van der Waals surface area (Å²) in [6, 6.07) is 0. The fraction of sp³-hybridized carbons (Fsp3) is 1.00. The zero-order chi connectivity index (χ0) is 9.90. The van der Waals surface area contributed by atoms with Gasteiger partial charge in [0.05, 0.1) is 6.10 Å². The van der Waals surface area contributed by atoms with Crippen LogP contribution in [-0.4, -0.2) is 17.4 Å². The average molecular weight is 196 g/mol. The van der Waals surface area contributed by atoms with E-state index in [9.17, 15) is 18.3 Å². The first kappa shape index (κ1) is 10.8. The number of hydrogen-bond acceptors (Lipinski definition) is 1. The van der Waals surface area contributed by atoms with Crippen LogP contribution in [0, 0.1) is 5.92 Å². The van der Waals surface area contributed by atoms with Gasteiger partial charge in [-0.1, -0.05) is 19.3 Å². The minimum Gasteiger partial charge on any atom is -0.393 e. The molecular weight excluding hydrogens is 181 g/mol. The molecule has 0 bridgehead atoms. The highest BCUT2D eigenvalue weighted by Crippen LogP contribution is 2.32. The first-order valence-corrected chi connectivity index (χ1v) is 4.72. The second-order valence-corrected chi connectivity index (χ2v) is 3.84. The molecule has 1 atom stereocenters. The Kier molecular flexibility index (Phi) is 3.59. The lowest BCUT2D eigenvalue weighted by Gasteiger charge is -2.27. The summed E-state index contributed by atoms with van der Waals surface area (Å²) in [5.41, 5.74) is 0. The quantitative estimate of drug-likeness (QED) is 0.733. The molecule has 1 unspecified atom stereocenters. The predicted molar refractivity (Wildman–Crippen MR) is 43.3 cm³/mol. The lowest BCUT2D eigenvalue weighted by Crippen LogP contribution is -2.21. The van der Waals surface area contributed by atoms with Gasteiger partial charge in [-0.15, -0.1) is 0 Å². The van der Waals surface area contributed by atoms with Crippen LogP contribution < -0.4 is 0 Å². The first-order chi connectivity index (χ1) is 5.97. The fourth-order valence-corrected chi connectivity index (χ4v) is 1.56. The molecule has 0 heterocycles. The lowest BCUT2D eigenvalue weighted by molar-refractivity contribution is -0.140. The minimum absolute atomic E-state index is 0.139. The Hall–Kier alpha value is -0.250. The molecule has 13 heavy (non-hydrogen) atoms. The van der Waals surface area contributed by atoms with E-state index in [0.717, 1.165) is 19.3 Å². The largest absolute Gasteiger partial charge is 0.393 e. The van der Waals surface area contributed by atoms with Crippen LogP contribution in [0.2, 0.25) is 0 Å². The van der Waals surface area contributed by atoms with Gasteiger partial charge in [0.2, 0.25) is 0 Å². The van der Waals surface area contributed by atoms with Crippen LogP contribution in [0.25, 0.3) is 0 Å². The van der Waals surface area contributed by atoms with Gasteiger partial charge in [-0.05, 0) is 18.8 Å². The SMILES string of the molecule is OC(CCC(F)(F)F)CC1CCC1. The van der Waals surface area contributed by atoms with Crippen molar-refractivity contribution in [2.24, 2.45) is 5.92 Å². The third-order valence-electron chi connectivity index (χ3n) is 2.59. The topological polar surface area (TPSA) is 20.2 Å². The fourth-order valence-electron chi connectivity index (χ4n) is 1.56. The van der Waals surface area contributed by atoms with E-state index in [1.807, 2.05) is 0 Å². The van der Waals surface area contributed by atoms with Crippen LogP contribution in [0.15, 0.2) is 0 Å². The van der Waals surface area contributed by atoms with Crippen molar-refractivity contribution in [2.45, 2.75) is 50.8 Å². The smallest absolute Gasteiger partial charge is 0.389 e. The Morgan fingerprint density at radius 1 is 1.31 bits per heavy atom. The molecule has 0 aliphatic heterocycles. The Morgan fingerprint density at radius 2 is 1.92 bits per heavy atom. The van der Waals surface area contributed by atoms with Gasteiger partial charge in [0.1, 0.15) is 0 Å². The van der Waals surface area contributed by atoms with Crippen molar-refractivity contribution in [3.8, 4) is 0 Å². The molecular formula is C9H15F3O. The molecule has 1 rings (SSSR count). The Labute approximate surface area is 75.9 Å². The second kappa shape index (κ2) is 4.31. The summed E-state index contributed by atoms with van der Waals surface area (Å²) in [6.45, 7) is 0. The molecule has 1 fully saturated rings. The van der Waals surface area contributed by atoms with Crippen LogP contribution in [0.5, 0.6) is 0 Å². The van der Waals surface area contributed by atoms with Crippen molar-refractivity contribution >= 4 is 0 Å². The molecule has 0 amide bonds. The van der Waals surface area contributed by atoms with Gasteiger partial charge >= 0.3 is 6.18 Å². The molecule has 1 saturated carbocycles. The zero-order valence-electron chi connectivity index (χ0n) is 7.48. The van der Waals surface area contributed by atoms with Gasteiger partial charge in [0.25, 0.3) is 0 Å². The lowest BCUT2D eigenvalue weighted by atomic mass is 9.81. The number of hydrogen-bond donors (Lipinski definition) is 1. The number of halogens is 3. The van der Waals surface area contributed by atoms with Crippen molar-refractivity contribution < 1.29 is 18.3 Å². The summed E-state index contributed by atoms with van der Waals surface area (Å²) in [7, 11) is 0. The maximum atomic E-state index is 11.7. The standard InChI is InChI=1S/C9H15F3O/c10-9(11,12)5-4-8(13)6-7-2-1-3-7/h7-8,13H,1-6H2. The van der Waals surface area contributed by atoms with Gasteiger partial charge in [-0.3, -0.25) is 0 Å². The Morgan fingerprint density at radius 3 is 2.31 bits per heavy atom. The van der Waals surface area contributed by atoms with E-state index in [1.165, 1.54) is 0 Å². The van der Waals surface area contributed by atoms with Crippen molar-refractivity contribution in [2.75, 3.05) is 0 Å². The highest BCUT2D eigenvalue weighted by Gasteiger charge is 2.29. The second-order valence-electron chi connectivity index (χ2n) is 3.84. The number of aliphatic hydroxyl groups is 1. The van der Waals surface area contributed by atoms with E-state index < -0.39 is 18.7 Å². The van der Waals surface area contributed by atoms with Crippen LogP contribution in [0.1, 0.15) is 38.5 Å². The maximum Gasteiger partial charge on any atom is 0.389 e. The average Bonchev–Trinajstić information content (AvgIpc) is 1.91. The van der Waals surface area contributed by atoms with E-state index in [1.54, 1.807) is 0 Å². The van der Waals surface area contributed by atoms with Crippen molar-refractivity contribution in [3.05, 3.63) is 0 Å². The molecule has 0 spiro atoms. The molecule has 0 aromatic carbocycles. The molecule has 4 heteroatoms. The minimum atomic E-state index is -4.12. The van der Waals surface area contributed by atoms with Gasteiger partial charge in [0, 0.05) is 6.42 Å². The van der Waals surface area contributed by atoms with E-state index >= 15 is 0 Å². The Balaban J connectivity index is 2.06. The third kappa shape index (κ3) is 4.50. The van der Waals surface area contributed by atoms with E-state index in [-0.39, 0.29) is 6.42 Å². The summed E-state index contributed by atoms with van der Waals surface area (Å²) < 4.78 is 35.2. The molecule has 0 saturated heterocycles. The maximum absolute atomic E-state index is 11.7. The summed E-state index contributed by atoms with van der Waals surface area (Å²) >= 11 is 0. The third-order valence-corrected chi connectivity index (χ3v) is 2.59. The summed E-state index contributed by atoms with van der Waals surface area (Å²) in [5, 5.41) is 9.25. The van der Waals surface area contributed by atoms with Crippen LogP contribution in [0.4, 0.5) is 13.2 Å². The van der Waals surface area contributed by atoms with Gasteiger partial charge in [-0.2, -0.15) is 13.2 Å². The summed E-state index contributed by atoms with van der Waals surface area (Å²) in [5.74, 6) is 0.475. The van der Waals surface area contributed by atoms with E-state index in [4.69, 9.17) is 0 Å². The van der Waals surface area contributed by atoms with Crippen LogP contribution >= 0.6 is 0 Å². The number of rotatable bonds is 4. The Bertz CT molecular complexity index is 151. The summed E-state index contributed by atoms with van der Waals surface area (Å²) in [6.07, 6.45) is -2.02. The van der Waals surface area contributed by atoms with Crippen molar-refractivity contribution in [3.63, 3.8) is 0 Å². The molecule has 0 aromatic heterocycles. The molecule has 1 nitrogen and oxygen atoms in total. The van der Waals surface area contributed by atoms with E-state index in [0.29, 0.717) is 12.3 Å². The van der Waals surface area contributed by atoms with E-state index in [2.05, 4.69) is 0 Å². The highest BCUT2D eigenvalue weighted by molar-refractivity contribution is 4.73. The van der Waals surface area contributed by atoms with Gasteiger partial charge < -0.3 is 5.11 Å². The van der Waals surface area contributed by atoms with Crippen molar-refractivity contribution in [1.29, 1.82) is 0 Å². The zero-order valence-corrected chi connectivity index (χ0v) is 7.48. The predicted octanol–water partition coefficient (Wildman–Crippen LogP) is 2.88. The van der Waals surface area contributed by atoms with Gasteiger partial charge in [-0.25, -0.2) is 0 Å². The summed E-state index contributed by atoms with van der Waals surface area (Å²) in [4.78, 5) is 0. The molecule has 78 valence electrons. The monoisotopic (exact) mass is 196 g/mol. The normalized spacial score (nSPS) is 21.2. The highest BCUT2D eigenvalue weighted by atomic mass is 19.4. The van der Waals surface area contributed by atoms with Crippen molar-refractivity contribution in [1.82, 2.24) is 0 Å². The van der Waals surface area contributed by atoms with Gasteiger partial charge in [0.15, 0.2) is 0 Å². The number of aliphatic hydroxyl groups excluding tert-OH is 1. The molecule has 1 aliphatic carbocycles. The molecule has 0 aromatic rings. The molecule has 0 radical (unpaired) electrons. The molecule has 1 aliphatic rings.